The standard InChI is InChI=1S/C10H8N4/c1-2-9(14-6-5-11-7-14)13-10-8(1)3-4-12-10/h1-7H,(H,12,13). The molecule has 0 radical (unpaired) electrons. The van der Waals surface area contributed by atoms with Crippen LogP contribution in [0.1, 0.15) is 0 Å². The summed E-state index contributed by atoms with van der Waals surface area (Å²) in [7, 11) is 0. The fourth-order valence-electron chi connectivity index (χ4n) is 1.46. The molecule has 3 heterocycles. The van der Waals surface area contributed by atoms with Gasteiger partial charge in [-0.25, -0.2) is 9.97 Å². The van der Waals surface area contributed by atoms with Gasteiger partial charge in [-0.2, -0.15) is 0 Å². The SMILES string of the molecule is c1cn(-c2ccc3cc[nH]c3n2)cn1. The topological polar surface area (TPSA) is 46.5 Å². The molecule has 0 unspecified atom stereocenters. The van der Waals surface area contributed by atoms with Gasteiger partial charge in [0.2, 0.25) is 0 Å². The minimum atomic E-state index is 0.873. The van der Waals surface area contributed by atoms with Crippen LogP contribution in [0.25, 0.3) is 16.9 Å². The van der Waals surface area contributed by atoms with Crippen LogP contribution in [0.5, 0.6) is 0 Å². The molecule has 0 spiro atoms. The zero-order chi connectivity index (χ0) is 9.38. The summed E-state index contributed by atoms with van der Waals surface area (Å²) in [6, 6.07) is 6.01. The highest BCUT2D eigenvalue weighted by Gasteiger charge is 1.99. The predicted octanol–water partition coefficient (Wildman–Crippen LogP) is 1.75. The fourth-order valence-corrected chi connectivity index (χ4v) is 1.46. The van der Waals surface area contributed by atoms with Gasteiger partial charge in [0.25, 0.3) is 0 Å². The van der Waals surface area contributed by atoms with Crippen LogP contribution in [0, 0.1) is 0 Å². The second kappa shape index (κ2) is 2.70. The van der Waals surface area contributed by atoms with Crippen LogP contribution in [-0.2, 0) is 0 Å². The highest BCUT2D eigenvalue weighted by Crippen LogP contribution is 2.12. The van der Waals surface area contributed by atoms with E-state index in [0.717, 1.165) is 16.9 Å². The third-order valence-electron chi connectivity index (χ3n) is 2.16. The van der Waals surface area contributed by atoms with E-state index < -0.39 is 0 Å². The molecular formula is C10H8N4. The summed E-state index contributed by atoms with van der Waals surface area (Å²) in [6.07, 6.45) is 7.23. The number of hydrogen-bond donors (Lipinski definition) is 1. The van der Waals surface area contributed by atoms with Gasteiger partial charge in [-0.05, 0) is 18.2 Å². The van der Waals surface area contributed by atoms with E-state index in [0.29, 0.717) is 0 Å². The minimum absolute atomic E-state index is 0.873. The van der Waals surface area contributed by atoms with E-state index in [9.17, 15) is 0 Å². The maximum Gasteiger partial charge on any atom is 0.140 e. The predicted molar refractivity (Wildman–Crippen MR) is 53.2 cm³/mol. The van der Waals surface area contributed by atoms with Crippen molar-refractivity contribution in [3.8, 4) is 5.82 Å². The molecule has 3 rings (SSSR count). The molecule has 4 heteroatoms. The molecule has 3 aromatic heterocycles. The van der Waals surface area contributed by atoms with Gasteiger partial charge in [-0.3, -0.25) is 4.57 Å². The molecule has 4 nitrogen and oxygen atoms in total. The first-order chi connectivity index (χ1) is 6.93. The Morgan fingerprint density at radius 1 is 1.21 bits per heavy atom. The number of pyridine rings is 1. The molecule has 14 heavy (non-hydrogen) atoms. The number of aromatic nitrogens is 4. The number of H-pyrrole nitrogens is 1. The Balaban J connectivity index is 2.23. The monoisotopic (exact) mass is 184 g/mol. The van der Waals surface area contributed by atoms with Crippen molar-refractivity contribution in [2.24, 2.45) is 0 Å². The highest BCUT2D eigenvalue weighted by molar-refractivity contribution is 5.76. The van der Waals surface area contributed by atoms with Gasteiger partial charge < -0.3 is 4.98 Å². The first kappa shape index (κ1) is 7.32. The number of rotatable bonds is 1. The average molecular weight is 184 g/mol. The van der Waals surface area contributed by atoms with E-state index in [1.54, 1.807) is 12.5 Å². The molecule has 68 valence electrons. The molecule has 0 saturated heterocycles. The zero-order valence-electron chi connectivity index (χ0n) is 7.38. The van der Waals surface area contributed by atoms with Gasteiger partial charge in [0.15, 0.2) is 0 Å². The van der Waals surface area contributed by atoms with Crippen LogP contribution < -0.4 is 0 Å². The molecular weight excluding hydrogens is 176 g/mol. The number of hydrogen-bond acceptors (Lipinski definition) is 2. The third-order valence-corrected chi connectivity index (χ3v) is 2.16. The van der Waals surface area contributed by atoms with Crippen molar-refractivity contribution < 1.29 is 0 Å². The van der Waals surface area contributed by atoms with E-state index in [4.69, 9.17) is 0 Å². The summed E-state index contributed by atoms with van der Waals surface area (Å²) in [5.41, 5.74) is 0.899. The molecule has 0 fully saturated rings. The molecule has 0 aromatic carbocycles. The largest absolute Gasteiger partial charge is 0.346 e. The van der Waals surface area contributed by atoms with Crippen molar-refractivity contribution in [2.75, 3.05) is 0 Å². The van der Waals surface area contributed by atoms with E-state index in [2.05, 4.69) is 15.0 Å². The summed E-state index contributed by atoms with van der Waals surface area (Å²) in [6.45, 7) is 0. The second-order valence-electron chi connectivity index (χ2n) is 3.05. The quantitative estimate of drug-likeness (QED) is 0.626. The zero-order valence-corrected chi connectivity index (χ0v) is 7.38. The van der Waals surface area contributed by atoms with E-state index >= 15 is 0 Å². The van der Waals surface area contributed by atoms with Crippen LogP contribution in [0.15, 0.2) is 43.1 Å². The maximum absolute atomic E-state index is 4.45. The molecule has 0 aliphatic carbocycles. The average Bonchev–Trinajstić information content (AvgIpc) is 2.88. The van der Waals surface area contributed by atoms with Gasteiger partial charge >= 0.3 is 0 Å². The van der Waals surface area contributed by atoms with Crippen LogP contribution >= 0.6 is 0 Å². The Kier molecular flexibility index (Phi) is 1.41. The van der Waals surface area contributed by atoms with Gasteiger partial charge in [-0.15, -0.1) is 0 Å². The van der Waals surface area contributed by atoms with E-state index in [1.165, 1.54) is 0 Å². The Bertz CT molecular complexity index is 550. The van der Waals surface area contributed by atoms with Crippen molar-refractivity contribution >= 4 is 11.0 Å². The molecule has 0 aliphatic heterocycles. The van der Waals surface area contributed by atoms with Gasteiger partial charge in [-0.1, -0.05) is 0 Å². The van der Waals surface area contributed by atoms with Crippen molar-refractivity contribution in [2.45, 2.75) is 0 Å². The Hall–Kier alpha value is -2.10. The lowest BCUT2D eigenvalue weighted by molar-refractivity contribution is 1.00. The van der Waals surface area contributed by atoms with Gasteiger partial charge in [0.1, 0.15) is 17.8 Å². The summed E-state index contributed by atoms with van der Waals surface area (Å²) in [5, 5.41) is 1.12. The van der Waals surface area contributed by atoms with Gasteiger partial charge in [0.05, 0.1) is 0 Å². The maximum atomic E-state index is 4.45. The molecule has 3 aromatic rings. The van der Waals surface area contributed by atoms with Crippen LogP contribution in [-0.4, -0.2) is 19.5 Å². The molecule has 0 atom stereocenters. The van der Waals surface area contributed by atoms with Crippen LogP contribution in [0.2, 0.25) is 0 Å². The normalized spacial score (nSPS) is 10.9. The molecule has 0 bridgehead atoms. The Labute approximate surface area is 80.2 Å². The summed E-state index contributed by atoms with van der Waals surface area (Å²) < 4.78 is 1.88. The first-order valence-electron chi connectivity index (χ1n) is 4.36. The van der Waals surface area contributed by atoms with Crippen LogP contribution in [0.3, 0.4) is 0 Å². The molecule has 0 saturated carbocycles. The smallest absolute Gasteiger partial charge is 0.140 e. The Morgan fingerprint density at radius 3 is 3.07 bits per heavy atom. The number of nitrogens with one attached hydrogen (secondary N) is 1. The third kappa shape index (κ3) is 1.01. The summed E-state index contributed by atoms with van der Waals surface area (Å²) in [4.78, 5) is 11.5. The van der Waals surface area contributed by atoms with Crippen molar-refractivity contribution in [1.29, 1.82) is 0 Å². The number of fused-ring (bicyclic) bond motifs is 1. The highest BCUT2D eigenvalue weighted by atomic mass is 15.1. The fraction of sp³-hybridized carbons (Fsp3) is 0. The van der Waals surface area contributed by atoms with Crippen LogP contribution in [0.4, 0.5) is 0 Å². The molecule has 0 aliphatic rings. The number of imidazole rings is 1. The van der Waals surface area contributed by atoms with E-state index in [1.807, 2.05) is 35.2 Å². The summed E-state index contributed by atoms with van der Waals surface area (Å²) in [5.74, 6) is 0.873. The molecule has 0 amide bonds. The lowest BCUT2D eigenvalue weighted by Crippen LogP contribution is -1.93. The van der Waals surface area contributed by atoms with E-state index in [-0.39, 0.29) is 0 Å². The number of nitrogens with zero attached hydrogens (tertiary/aromatic N) is 3. The van der Waals surface area contributed by atoms with Crippen molar-refractivity contribution in [1.82, 2.24) is 19.5 Å². The van der Waals surface area contributed by atoms with Crippen molar-refractivity contribution in [3.63, 3.8) is 0 Å². The first-order valence-corrected chi connectivity index (χ1v) is 4.36. The Morgan fingerprint density at radius 2 is 2.21 bits per heavy atom. The lowest BCUT2D eigenvalue weighted by atomic mass is 10.3. The minimum Gasteiger partial charge on any atom is -0.346 e. The van der Waals surface area contributed by atoms with Gasteiger partial charge in [0, 0.05) is 24.0 Å². The molecule has 1 N–H and O–H groups in total. The van der Waals surface area contributed by atoms with Crippen molar-refractivity contribution in [3.05, 3.63) is 43.1 Å². The lowest BCUT2D eigenvalue weighted by Gasteiger charge is -1.99. The summed E-state index contributed by atoms with van der Waals surface area (Å²) >= 11 is 0. The second-order valence-corrected chi connectivity index (χ2v) is 3.05. The number of aromatic amines is 1.